The zero-order valence-electron chi connectivity index (χ0n) is 8.52. The topological polar surface area (TPSA) is 46.2 Å². The summed E-state index contributed by atoms with van der Waals surface area (Å²) in [6, 6.07) is 0. The molecule has 0 radical (unpaired) electrons. The Morgan fingerprint density at radius 3 is 2.31 bits per heavy atom. The van der Waals surface area contributed by atoms with Gasteiger partial charge in [-0.2, -0.15) is 0 Å². The smallest absolute Gasteiger partial charge is 0.160 e. The highest BCUT2D eigenvalue weighted by Gasteiger charge is 2.04. The van der Waals surface area contributed by atoms with Crippen LogP contribution in [0.5, 0.6) is 0 Å². The van der Waals surface area contributed by atoms with Gasteiger partial charge in [-0.25, -0.2) is 0 Å². The van der Waals surface area contributed by atoms with Gasteiger partial charge in [0.15, 0.2) is 5.78 Å². The second-order valence-electron chi connectivity index (χ2n) is 3.09. The molecule has 13 heavy (non-hydrogen) atoms. The minimum atomic E-state index is 0.107. The van der Waals surface area contributed by atoms with Crippen molar-refractivity contribution in [1.82, 2.24) is 5.32 Å². The van der Waals surface area contributed by atoms with Crippen LogP contribution in [-0.2, 0) is 9.59 Å². The molecule has 0 rings (SSSR count). The lowest BCUT2D eigenvalue weighted by atomic mass is 10.1. The van der Waals surface area contributed by atoms with Gasteiger partial charge < -0.3 is 10.1 Å². The molecule has 0 saturated carbocycles. The van der Waals surface area contributed by atoms with Crippen molar-refractivity contribution >= 4 is 11.6 Å². The van der Waals surface area contributed by atoms with Crippen molar-refractivity contribution in [3.05, 3.63) is 11.8 Å². The Kier molecular flexibility index (Phi) is 5.85. The second kappa shape index (κ2) is 6.40. The third kappa shape index (κ3) is 6.08. The fourth-order valence-electron chi connectivity index (χ4n) is 0.992. The minimum Gasteiger partial charge on any atom is -0.394 e. The van der Waals surface area contributed by atoms with E-state index in [-0.39, 0.29) is 11.6 Å². The normalized spacial score (nSPS) is 11.2. The van der Waals surface area contributed by atoms with Gasteiger partial charge in [0.25, 0.3) is 0 Å². The Bertz CT molecular complexity index is 219. The molecule has 0 aromatic heterocycles. The molecule has 0 aromatic carbocycles. The Labute approximate surface area is 79.2 Å². The van der Waals surface area contributed by atoms with E-state index in [0.29, 0.717) is 24.8 Å². The van der Waals surface area contributed by atoms with E-state index in [1.807, 2.05) is 0 Å². The molecule has 0 unspecified atom stereocenters. The number of hydrogen-bond acceptors (Lipinski definition) is 3. The molecule has 3 nitrogen and oxygen atoms in total. The summed E-state index contributed by atoms with van der Waals surface area (Å²) in [4.78, 5) is 21.9. The molecule has 0 fully saturated rings. The minimum absolute atomic E-state index is 0.107. The SMILES string of the molecule is CN/C=C(/C)C(=O)CCCC(C)=O. The van der Waals surface area contributed by atoms with Crippen LogP contribution in [0.15, 0.2) is 11.8 Å². The number of carbonyl (C=O) groups is 2. The van der Waals surface area contributed by atoms with Gasteiger partial charge in [0.1, 0.15) is 5.78 Å². The second-order valence-corrected chi connectivity index (χ2v) is 3.09. The van der Waals surface area contributed by atoms with Crippen LogP contribution in [0.2, 0.25) is 0 Å². The van der Waals surface area contributed by atoms with E-state index in [9.17, 15) is 9.59 Å². The van der Waals surface area contributed by atoms with Crippen LogP contribution in [0.3, 0.4) is 0 Å². The Balaban J connectivity index is 3.75. The number of hydrogen-bond donors (Lipinski definition) is 1. The summed E-state index contributed by atoms with van der Waals surface area (Å²) in [5.74, 6) is 0.249. The van der Waals surface area contributed by atoms with E-state index < -0.39 is 0 Å². The first-order chi connectivity index (χ1) is 6.07. The molecular weight excluding hydrogens is 166 g/mol. The summed E-state index contributed by atoms with van der Waals surface area (Å²) in [6.45, 7) is 3.31. The van der Waals surface area contributed by atoms with Gasteiger partial charge in [-0.05, 0) is 20.3 Å². The van der Waals surface area contributed by atoms with Crippen molar-refractivity contribution in [3.63, 3.8) is 0 Å². The van der Waals surface area contributed by atoms with Crippen molar-refractivity contribution in [2.45, 2.75) is 33.1 Å². The third-order valence-corrected chi connectivity index (χ3v) is 1.73. The Morgan fingerprint density at radius 1 is 1.23 bits per heavy atom. The van der Waals surface area contributed by atoms with Crippen molar-refractivity contribution in [2.75, 3.05) is 7.05 Å². The van der Waals surface area contributed by atoms with E-state index in [1.54, 1.807) is 27.1 Å². The van der Waals surface area contributed by atoms with E-state index in [0.717, 1.165) is 0 Å². The van der Waals surface area contributed by atoms with Crippen LogP contribution in [0.1, 0.15) is 33.1 Å². The van der Waals surface area contributed by atoms with E-state index in [1.165, 1.54) is 0 Å². The highest BCUT2D eigenvalue weighted by Crippen LogP contribution is 2.03. The number of Topliss-reactive ketones (excluding diaryl/α,β-unsaturated/α-hetero) is 2. The summed E-state index contributed by atoms with van der Waals surface area (Å²) in [6.07, 6.45) is 3.29. The molecule has 0 aliphatic carbocycles. The van der Waals surface area contributed by atoms with Crippen molar-refractivity contribution in [1.29, 1.82) is 0 Å². The average Bonchev–Trinajstić information content (AvgIpc) is 2.04. The first-order valence-electron chi connectivity index (χ1n) is 4.44. The standard InChI is InChI=1S/C10H17NO2/c1-8(7-11-3)10(13)6-4-5-9(2)12/h7,11H,4-6H2,1-3H3/b8-7-. The van der Waals surface area contributed by atoms with E-state index in [2.05, 4.69) is 5.32 Å². The molecule has 0 aromatic rings. The molecule has 0 saturated heterocycles. The Morgan fingerprint density at radius 2 is 1.85 bits per heavy atom. The maximum Gasteiger partial charge on any atom is 0.160 e. The van der Waals surface area contributed by atoms with Crippen LogP contribution >= 0.6 is 0 Å². The highest BCUT2D eigenvalue weighted by atomic mass is 16.1. The molecule has 0 heterocycles. The highest BCUT2D eigenvalue weighted by molar-refractivity contribution is 5.94. The largest absolute Gasteiger partial charge is 0.394 e. The van der Waals surface area contributed by atoms with E-state index >= 15 is 0 Å². The number of rotatable bonds is 6. The lowest BCUT2D eigenvalue weighted by Gasteiger charge is -1.99. The molecule has 0 amide bonds. The summed E-state index contributed by atoms with van der Waals surface area (Å²) in [5, 5.41) is 2.80. The molecule has 74 valence electrons. The summed E-state index contributed by atoms with van der Waals surface area (Å²) < 4.78 is 0. The van der Waals surface area contributed by atoms with Crippen LogP contribution in [-0.4, -0.2) is 18.6 Å². The van der Waals surface area contributed by atoms with Gasteiger partial charge >= 0.3 is 0 Å². The molecular formula is C10H17NO2. The van der Waals surface area contributed by atoms with Crippen molar-refractivity contribution in [3.8, 4) is 0 Å². The van der Waals surface area contributed by atoms with E-state index in [4.69, 9.17) is 0 Å². The zero-order chi connectivity index (χ0) is 10.3. The lowest BCUT2D eigenvalue weighted by molar-refractivity contribution is -0.117. The summed E-state index contributed by atoms with van der Waals surface area (Å²) >= 11 is 0. The first kappa shape index (κ1) is 11.9. The number of carbonyl (C=O) groups excluding carboxylic acids is 2. The number of nitrogens with one attached hydrogen (secondary N) is 1. The number of allylic oxidation sites excluding steroid dienone is 1. The maximum absolute atomic E-state index is 11.3. The first-order valence-corrected chi connectivity index (χ1v) is 4.44. The van der Waals surface area contributed by atoms with Crippen LogP contribution in [0.25, 0.3) is 0 Å². The number of ketones is 2. The van der Waals surface area contributed by atoms with Gasteiger partial charge in [-0.1, -0.05) is 0 Å². The summed E-state index contributed by atoms with van der Waals surface area (Å²) in [5.41, 5.74) is 0.714. The van der Waals surface area contributed by atoms with Gasteiger partial charge in [-0.15, -0.1) is 0 Å². The van der Waals surface area contributed by atoms with Gasteiger partial charge in [0, 0.05) is 31.7 Å². The Hall–Kier alpha value is -1.12. The molecule has 0 aliphatic heterocycles. The van der Waals surface area contributed by atoms with Crippen LogP contribution < -0.4 is 5.32 Å². The van der Waals surface area contributed by atoms with Gasteiger partial charge in [-0.3, -0.25) is 4.79 Å². The molecule has 1 N–H and O–H groups in total. The molecule has 0 spiro atoms. The maximum atomic E-state index is 11.3. The molecule has 0 atom stereocenters. The van der Waals surface area contributed by atoms with Gasteiger partial charge in [0.05, 0.1) is 0 Å². The molecule has 0 aliphatic rings. The molecule has 0 bridgehead atoms. The zero-order valence-corrected chi connectivity index (χ0v) is 8.52. The predicted molar refractivity (Wildman–Crippen MR) is 52.4 cm³/mol. The quantitative estimate of drug-likeness (QED) is 0.634. The van der Waals surface area contributed by atoms with Crippen molar-refractivity contribution < 1.29 is 9.59 Å². The van der Waals surface area contributed by atoms with Crippen molar-refractivity contribution in [2.24, 2.45) is 0 Å². The lowest BCUT2D eigenvalue weighted by Crippen LogP contribution is -2.05. The van der Waals surface area contributed by atoms with Crippen LogP contribution in [0, 0.1) is 0 Å². The van der Waals surface area contributed by atoms with Gasteiger partial charge in [0.2, 0.25) is 0 Å². The summed E-state index contributed by atoms with van der Waals surface area (Å²) in [7, 11) is 1.76. The third-order valence-electron chi connectivity index (χ3n) is 1.73. The predicted octanol–water partition coefficient (Wildman–Crippen LogP) is 1.44. The fraction of sp³-hybridized carbons (Fsp3) is 0.600. The monoisotopic (exact) mass is 183 g/mol. The van der Waals surface area contributed by atoms with Crippen LogP contribution in [0.4, 0.5) is 0 Å². The fourth-order valence-corrected chi connectivity index (χ4v) is 0.992. The average molecular weight is 183 g/mol. The molecule has 3 heteroatoms.